The van der Waals surface area contributed by atoms with Crippen LogP contribution in [0.3, 0.4) is 0 Å². The van der Waals surface area contributed by atoms with Crippen LogP contribution in [0.2, 0.25) is 0 Å². The predicted octanol–water partition coefficient (Wildman–Crippen LogP) is 2.61. The van der Waals surface area contributed by atoms with Gasteiger partial charge < -0.3 is 15.4 Å². The summed E-state index contributed by atoms with van der Waals surface area (Å²) in [6.07, 6.45) is -4.20. The van der Waals surface area contributed by atoms with Crippen LogP contribution < -0.4 is 10.6 Å². The van der Waals surface area contributed by atoms with Gasteiger partial charge in [-0.2, -0.15) is 18.3 Å². The zero-order chi connectivity index (χ0) is 19.4. The largest absolute Gasteiger partial charge is 0.435 e. The van der Waals surface area contributed by atoms with Gasteiger partial charge in [0.2, 0.25) is 0 Å². The first kappa shape index (κ1) is 19.2. The van der Waals surface area contributed by atoms with Crippen molar-refractivity contribution >= 4 is 6.03 Å². The molecule has 0 bridgehead atoms. The van der Waals surface area contributed by atoms with Crippen molar-refractivity contribution in [3.05, 3.63) is 52.6 Å². The molecule has 2 aromatic rings. The van der Waals surface area contributed by atoms with E-state index in [9.17, 15) is 22.4 Å². The Balaban J connectivity index is 1.53. The third-order valence-electron chi connectivity index (χ3n) is 4.14. The molecule has 2 N–H and O–H groups in total. The fraction of sp³-hybridized carbons (Fsp3) is 0.412. The molecule has 146 valence electrons. The molecule has 1 aliphatic heterocycles. The Morgan fingerprint density at radius 3 is 2.67 bits per heavy atom. The number of hydrogen-bond donors (Lipinski definition) is 2. The number of benzene rings is 1. The Morgan fingerprint density at radius 1 is 1.22 bits per heavy atom. The lowest BCUT2D eigenvalue weighted by atomic mass is 10.1. The van der Waals surface area contributed by atoms with Crippen molar-refractivity contribution in [2.45, 2.75) is 32.3 Å². The zero-order valence-electron chi connectivity index (χ0n) is 14.3. The molecule has 1 aromatic heterocycles. The maximum absolute atomic E-state index is 13.1. The highest BCUT2D eigenvalue weighted by Gasteiger charge is 2.39. The number of rotatable bonds is 5. The lowest BCUT2D eigenvalue weighted by Gasteiger charge is -2.15. The van der Waals surface area contributed by atoms with Crippen LogP contribution in [-0.2, 0) is 37.0 Å². The van der Waals surface area contributed by atoms with Crippen molar-refractivity contribution in [3.8, 4) is 0 Å². The third kappa shape index (κ3) is 4.76. The number of alkyl halides is 3. The van der Waals surface area contributed by atoms with E-state index in [4.69, 9.17) is 4.74 Å². The summed E-state index contributed by atoms with van der Waals surface area (Å²) in [4.78, 5) is 11.8. The first-order valence-corrected chi connectivity index (χ1v) is 8.34. The highest BCUT2D eigenvalue weighted by Crippen LogP contribution is 2.34. The van der Waals surface area contributed by atoms with E-state index in [1.54, 1.807) is 12.1 Å². The minimum atomic E-state index is -4.55. The quantitative estimate of drug-likeness (QED) is 0.777. The summed E-state index contributed by atoms with van der Waals surface area (Å²) in [6.45, 7) is 0.653. The molecule has 0 saturated heterocycles. The van der Waals surface area contributed by atoms with Crippen molar-refractivity contribution in [1.29, 1.82) is 0 Å². The zero-order valence-corrected chi connectivity index (χ0v) is 14.3. The Labute approximate surface area is 152 Å². The van der Waals surface area contributed by atoms with Crippen LogP contribution in [0.15, 0.2) is 24.3 Å². The molecule has 27 heavy (non-hydrogen) atoms. The molecule has 0 unspecified atom stereocenters. The van der Waals surface area contributed by atoms with Crippen LogP contribution in [-0.4, -0.2) is 29.0 Å². The van der Waals surface area contributed by atoms with Gasteiger partial charge in [0.1, 0.15) is 5.82 Å². The average Bonchev–Trinajstić information content (AvgIpc) is 3.01. The van der Waals surface area contributed by atoms with Crippen LogP contribution in [0.25, 0.3) is 0 Å². The minimum Gasteiger partial charge on any atom is -0.376 e. The summed E-state index contributed by atoms with van der Waals surface area (Å²) in [5, 5.41) is 8.83. The Bertz CT molecular complexity index is 803. The van der Waals surface area contributed by atoms with E-state index in [1.165, 1.54) is 16.8 Å². The van der Waals surface area contributed by atoms with Crippen molar-refractivity contribution in [2.24, 2.45) is 0 Å². The van der Waals surface area contributed by atoms with E-state index in [0.29, 0.717) is 18.7 Å². The van der Waals surface area contributed by atoms with Gasteiger partial charge in [0.05, 0.1) is 19.8 Å². The van der Waals surface area contributed by atoms with Crippen molar-refractivity contribution < 1.29 is 27.1 Å². The Hall–Kier alpha value is -2.62. The normalized spacial score (nSPS) is 13.9. The monoisotopic (exact) mass is 386 g/mol. The number of amides is 2. The lowest BCUT2D eigenvalue weighted by Crippen LogP contribution is -2.37. The Kier molecular flexibility index (Phi) is 5.64. The highest BCUT2D eigenvalue weighted by molar-refractivity contribution is 5.73. The highest BCUT2D eigenvalue weighted by atomic mass is 19.4. The number of aromatic nitrogens is 2. The number of nitrogens with one attached hydrogen (secondary N) is 2. The van der Waals surface area contributed by atoms with Gasteiger partial charge in [-0.3, -0.25) is 4.68 Å². The summed E-state index contributed by atoms with van der Waals surface area (Å²) in [6, 6.07) is 5.20. The van der Waals surface area contributed by atoms with E-state index in [0.717, 1.165) is 5.56 Å². The van der Waals surface area contributed by atoms with E-state index in [-0.39, 0.29) is 37.6 Å². The van der Waals surface area contributed by atoms with Crippen LogP contribution in [0, 0.1) is 5.82 Å². The topological polar surface area (TPSA) is 68.2 Å². The number of hydrogen-bond acceptors (Lipinski definition) is 3. The standard InChI is InChI=1S/C17H18F4N4O2/c18-12-3-1-11(2-4-12)9-23-16(26)22-6-7-25-14-5-8-27-10-13(14)15(24-25)17(19,20)21/h1-4H,5-10H2,(H2,22,23,26). The Morgan fingerprint density at radius 2 is 1.96 bits per heavy atom. The molecular formula is C17H18F4N4O2. The molecule has 3 rings (SSSR count). The van der Waals surface area contributed by atoms with Crippen LogP contribution in [0.4, 0.5) is 22.4 Å². The van der Waals surface area contributed by atoms with E-state index < -0.39 is 17.9 Å². The molecule has 2 amide bonds. The molecule has 0 aliphatic carbocycles. The molecule has 0 saturated carbocycles. The van der Waals surface area contributed by atoms with Crippen molar-refractivity contribution in [1.82, 2.24) is 20.4 Å². The van der Waals surface area contributed by atoms with Crippen LogP contribution in [0.1, 0.15) is 22.5 Å². The molecule has 0 spiro atoms. The van der Waals surface area contributed by atoms with Gasteiger partial charge in [0.25, 0.3) is 0 Å². The molecule has 0 radical (unpaired) electrons. The molecule has 6 nitrogen and oxygen atoms in total. The molecule has 1 aromatic carbocycles. The summed E-state index contributed by atoms with van der Waals surface area (Å²) in [7, 11) is 0. The molecule has 1 aliphatic rings. The predicted molar refractivity (Wildman–Crippen MR) is 87.2 cm³/mol. The van der Waals surface area contributed by atoms with Crippen LogP contribution >= 0.6 is 0 Å². The summed E-state index contributed by atoms with van der Waals surface area (Å²) < 4.78 is 58.5. The lowest BCUT2D eigenvalue weighted by molar-refractivity contribution is -0.142. The smallest absolute Gasteiger partial charge is 0.376 e. The molecule has 0 fully saturated rings. The van der Waals surface area contributed by atoms with Crippen molar-refractivity contribution in [3.63, 3.8) is 0 Å². The SMILES string of the molecule is O=C(NCCn1nc(C(F)(F)F)c2c1CCOC2)NCc1ccc(F)cc1. The van der Waals surface area contributed by atoms with Gasteiger partial charge in [-0.25, -0.2) is 9.18 Å². The first-order chi connectivity index (χ1) is 12.8. The second-order valence-corrected chi connectivity index (χ2v) is 6.03. The van der Waals surface area contributed by atoms with Gasteiger partial charge in [0, 0.05) is 30.8 Å². The van der Waals surface area contributed by atoms with Gasteiger partial charge in [-0.05, 0) is 17.7 Å². The average molecular weight is 386 g/mol. The number of nitrogens with zero attached hydrogens (tertiary/aromatic N) is 2. The van der Waals surface area contributed by atoms with E-state index in [1.807, 2.05) is 0 Å². The van der Waals surface area contributed by atoms with E-state index in [2.05, 4.69) is 15.7 Å². The summed E-state index contributed by atoms with van der Waals surface area (Å²) in [5.41, 5.74) is 0.345. The number of halogens is 4. The number of urea groups is 1. The third-order valence-corrected chi connectivity index (χ3v) is 4.14. The van der Waals surface area contributed by atoms with Gasteiger partial charge in [-0.1, -0.05) is 12.1 Å². The second kappa shape index (κ2) is 7.95. The van der Waals surface area contributed by atoms with Gasteiger partial charge in [-0.15, -0.1) is 0 Å². The van der Waals surface area contributed by atoms with Crippen LogP contribution in [0.5, 0.6) is 0 Å². The summed E-state index contributed by atoms with van der Waals surface area (Å²) in [5.74, 6) is -0.366. The fourth-order valence-corrected chi connectivity index (χ4v) is 2.84. The number of carbonyl (C=O) groups excluding carboxylic acids is 1. The number of ether oxygens (including phenoxy) is 1. The van der Waals surface area contributed by atoms with E-state index >= 15 is 0 Å². The number of carbonyl (C=O) groups is 1. The maximum atomic E-state index is 13.1. The van der Waals surface area contributed by atoms with Gasteiger partial charge >= 0.3 is 12.2 Å². The molecule has 0 atom stereocenters. The fourth-order valence-electron chi connectivity index (χ4n) is 2.84. The minimum absolute atomic E-state index is 0.0644. The molecular weight excluding hydrogens is 368 g/mol. The first-order valence-electron chi connectivity index (χ1n) is 8.34. The number of fused-ring (bicyclic) bond motifs is 1. The molecule has 10 heteroatoms. The summed E-state index contributed by atoms with van der Waals surface area (Å²) >= 11 is 0. The van der Waals surface area contributed by atoms with Crippen molar-refractivity contribution in [2.75, 3.05) is 13.2 Å². The second-order valence-electron chi connectivity index (χ2n) is 6.03. The van der Waals surface area contributed by atoms with Gasteiger partial charge in [0.15, 0.2) is 5.69 Å². The maximum Gasteiger partial charge on any atom is 0.435 e. The molecule has 2 heterocycles.